The summed E-state index contributed by atoms with van der Waals surface area (Å²) in [6.07, 6.45) is 4.55. The van der Waals surface area contributed by atoms with Gasteiger partial charge in [-0.25, -0.2) is 4.98 Å². The predicted octanol–water partition coefficient (Wildman–Crippen LogP) is 5.27. The molecule has 1 aromatic heterocycles. The Hall–Kier alpha value is -1.83. The van der Waals surface area contributed by atoms with Crippen LogP contribution >= 0.6 is 11.3 Å². The number of aliphatic hydroxyl groups is 2. The molecule has 34 heavy (non-hydrogen) atoms. The minimum Gasteiger partial charge on any atom is -0.457 e. The predicted molar refractivity (Wildman–Crippen MR) is 136 cm³/mol. The zero-order valence-electron chi connectivity index (χ0n) is 22.6. The molecule has 0 radical (unpaired) electrons. The van der Waals surface area contributed by atoms with Gasteiger partial charge in [0.25, 0.3) is 0 Å². The third-order valence-corrected chi connectivity index (χ3v) is 7.79. The van der Waals surface area contributed by atoms with E-state index < -0.39 is 35.6 Å². The van der Waals surface area contributed by atoms with Gasteiger partial charge in [0, 0.05) is 17.7 Å². The fourth-order valence-electron chi connectivity index (χ4n) is 4.39. The Labute approximate surface area is 209 Å². The quantitative estimate of drug-likeness (QED) is 0.440. The van der Waals surface area contributed by atoms with Crippen molar-refractivity contribution in [3.63, 3.8) is 0 Å². The number of aryl methyl sites for hydroxylation is 1. The third kappa shape index (κ3) is 7.59. The lowest BCUT2D eigenvalue weighted by atomic mass is 9.73. The summed E-state index contributed by atoms with van der Waals surface area (Å²) >= 11 is 1.56. The molecule has 0 spiro atoms. The molecule has 1 unspecified atom stereocenters. The number of allylic oxidation sites excluding steroid dienone is 1. The van der Waals surface area contributed by atoms with Gasteiger partial charge in [-0.05, 0) is 57.6 Å². The van der Waals surface area contributed by atoms with Crippen molar-refractivity contribution in [2.45, 2.75) is 98.9 Å². The minimum absolute atomic E-state index is 0.00422. The van der Waals surface area contributed by atoms with Crippen molar-refractivity contribution >= 4 is 29.2 Å². The first-order valence-electron chi connectivity index (χ1n) is 12.6. The van der Waals surface area contributed by atoms with Crippen LogP contribution in [0.3, 0.4) is 0 Å². The average Bonchev–Trinajstić information content (AvgIpc) is 3.19. The number of esters is 1. The normalized spacial score (nSPS) is 30.9. The molecule has 6 nitrogen and oxygen atoms in total. The number of hydrogen-bond acceptors (Lipinski definition) is 7. The van der Waals surface area contributed by atoms with Crippen LogP contribution < -0.4 is 0 Å². The van der Waals surface area contributed by atoms with Crippen LogP contribution in [-0.4, -0.2) is 46.7 Å². The second-order valence-corrected chi connectivity index (χ2v) is 11.4. The summed E-state index contributed by atoms with van der Waals surface area (Å²) in [7, 11) is 0. The number of rotatable bonds is 3. The molecule has 0 saturated carbocycles. The lowest BCUT2D eigenvalue weighted by molar-refractivity contribution is -0.154. The summed E-state index contributed by atoms with van der Waals surface area (Å²) in [4.78, 5) is 30.7. The molecule has 0 aromatic carbocycles. The molecule has 0 aliphatic carbocycles. The fourth-order valence-corrected chi connectivity index (χ4v) is 4.96. The van der Waals surface area contributed by atoms with Gasteiger partial charge in [0.1, 0.15) is 11.9 Å². The molecule has 0 saturated heterocycles. The van der Waals surface area contributed by atoms with Crippen molar-refractivity contribution in [1.29, 1.82) is 1.43 Å². The van der Waals surface area contributed by atoms with Gasteiger partial charge in [-0.1, -0.05) is 39.3 Å². The number of aliphatic hydroxyl groups excluding tert-OH is 2. The molecule has 0 amide bonds. The highest BCUT2D eigenvalue weighted by Gasteiger charge is 2.42. The van der Waals surface area contributed by atoms with E-state index in [0.29, 0.717) is 6.42 Å². The van der Waals surface area contributed by atoms with Gasteiger partial charge >= 0.3 is 5.97 Å². The maximum atomic E-state index is 13.3. The van der Waals surface area contributed by atoms with E-state index in [2.05, 4.69) is 18.0 Å². The van der Waals surface area contributed by atoms with E-state index in [1.54, 1.807) is 32.1 Å². The van der Waals surface area contributed by atoms with Crippen molar-refractivity contribution in [3.05, 3.63) is 33.3 Å². The molecule has 7 heteroatoms. The van der Waals surface area contributed by atoms with E-state index in [4.69, 9.17) is 11.3 Å². The molecular weight excluding hydrogens is 450 g/mol. The Morgan fingerprint density at radius 3 is 2.65 bits per heavy atom. The van der Waals surface area contributed by atoms with Crippen LogP contribution in [0.25, 0.3) is 6.08 Å². The number of cyclic esters (lactones) is 1. The Kier molecular flexibility index (Phi) is 9.63. The standard InChI is InChI=1S/C27H41NO5S/c1-16-9-8-10-17(2)25(31)19(4)26(32)27(6,7)23(29)14-24(30)33-22(12-11-16)18(3)13-21-15-34-20(5)28-21/h11,13,15,17,19,22-23,25,29,31H,8-10,12,14H2,1-7H3/t17-,19-,22?,23+,25+/m1/s1/i31T. The van der Waals surface area contributed by atoms with Gasteiger partial charge < -0.3 is 15.0 Å². The first-order valence-corrected chi connectivity index (χ1v) is 13.0. The molecule has 0 bridgehead atoms. The van der Waals surface area contributed by atoms with Crippen LogP contribution in [0.4, 0.5) is 0 Å². The zero-order chi connectivity index (χ0) is 26.3. The summed E-state index contributed by atoms with van der Waals surface area (Å²) in [6, 6.07) is 0. The molecule has 0 fully saturated rings. The first-order chi connectivity index (χ1) is 16.4. The maximum Gasteiger partial charge on any atom is 0.309 e. The lowest BCUT2D eigenvalue weighted by Gasteiger charge is -2.34. The lowest BCUT2D eigenvalue weighted by Crippen LogP contribution is -2.45. The fraction of sp³-hybridized carbons (Fsp3) is 0.667. The number of aromatic nitrogens is 1. The molecule has 2 N–H and O–H groups in total. The topological polar surface area (TPSA) is 96.7 Å². The van der Waals surface area contributed by atoms with Gasteiger partial charge in [0.05, 0.1) is 34.7 Å². The molecule has 1 aliphatic heterocycles. The molecule has 190 valence electrons. The summed E-state index contributed by atoms with van der Waals surface area (Å²) in [5, 5.41) is 18.8. The first kappa shape index (κ1) is 26.8. The van der Waals surface area contributed by atoms with E-state index in [9.17, 15) is 14.7 Å². The van der Waals surface area contributed by atoms with Crippen molar-refractivity contribution in [3.8, 4) is 0 Å². The monoisotopic (exact) mass is 493 g/mol. The van der Waals surface area contributed by atoms with E-state index in [0.717, 1.165) is 35.5 Å². The van der Waals surface area contributed by atoms with Crippen LogP contribution in [0.2, 0.25) is 0 Å². The summed E-state index contributed by atoms with van der Waals surface area (Å²) < 4.78 is 13.4. The van der Waals surface area contributed by atoms with Gasteiger partial charge in [-0.3, -0.25) is 9.59 Å². The summed E-state index contributed by atoms with van der Waals surface area (Å²) in [5.74, 6) is -1.37. The number of ether oxygens (including phenoxy) is 1. The van der Waals surface area contributed by atoms with Crippen LogP contribution in [0.1, 0.15) is 84.3 Å². The van der Waals surface area contributed by atoms with Gasteiger partial charge in [-0.15, -0.1) is 11.3 Å². The maximum absolute atomic E-state index is 13.3. The van der Waals surface area contributed by atoms with Crippen molar-refractivity contribution in [2.24, 2.45) is 17.3 Å². The van der Waals surface area contributed by atoms with Crippen LogP contribution in [-0.2, 0) is 14.3 Å². The smallest absolute Gasteiger partial charge is 0.309 e. The van der Waals surface area contributed by atoms with Gasteiger partial charge in [-0.2, -0.15) is 0 Å². The van der Waals surface area contributed by atoms with E-state index in [1.165, 1.54) is 5.57 Å². The average molecular weight is 494 g/mol. The van der Waals surface area contributed by atoms with Gasteiger partial charge in [0.15, 0.2) is 0 Å². The highest BCUT2D eigenvalue weighted by Crippen LogP contribution is 2.32. The van der Waals surface area contributed by atoms with E-state index in [-0.39, 0.29) is 18.1 Å². The minimum atomic E-state index is -1.22. The number of thiazole rings is 1. The van der Waals surface area contributed by atoms with E-state index in [1.807, 2.05) is 32.2 Å². The number of Topliss-reactive ketones (excluding diaryl/α,β-unsaturated/α-hetero) is 1. The van der Waals surface area contributed by atoms with Crippen molar-refractivity contribution < 1.29 is 24.5 Å². The Morgan fingerprint density at radius 1 is 1.32 bits per heavy atom. The molecule has 2 heterocycles. The molecule has 1 aliphatic rings. The Bertz CT molecular complexity index is 938. The van der Waals surface area contributed by atoms with Crippen molar-refractivity contribution in [2.75, 3.05) is 0 Å². The molecule has 2 rings (SSSR count). The van der Waals surface area contributed by atoms with E-state index >= 15 is 0 Å². The number of ketones is 1. The highest BCUT2D eigenvalue weighted by molar-refractivity contribution is 7.09. The second kappa shape index (κ2) is 12.2. The second-order valence-electron chi connectivity index (χ2n) is 10.4. The van der Waals surface area contributed by atoms with Crippen LogP contribution in [0, 0.1) is 24.2 Å². The number of hydrogen-bond donors (Lipinski definition) is 2. The largest absolute Gasteiger partial charge is 0.457 e. The third-order valence-electron chi connectivity index (χ3n) is 7.00. The van der Waals surface area contributed by atoms with Crippen molar-refractivity contribution in [1.82, 2.24) is 4.98 Å². The Balaban J connectivity index is 2.35. The zero-order valence-corrected chi connectivity index (χ0v) is 22.4. The highest BCUT2D eigenvalue weighted by atomic mass is 32.1. The van der Waals surface area contributed by atoms with Gasteiger partial charge in [0.2, 0.25) is 1.43 Å². The Morgan fingerprint density at radius 2 is 2.03 bits per heavy atom. The molecule has 1 aromatic rings. The molecular formula is C27H41NO5S. The summed E-state index contributed by atoms with van der Waals surface area (Å²) in [5.41, 5.74) is 1.70. The number of carbonyl (C=O) groups is 2. The van der Waals surface area contributed by atoms with Crippen LogP contribution in [0.5, 0.6) is 0 Å². The number of carbonyl (C=O) groups excluding carboxylic acids is 2. The number of nitrogens with zero attached hydrogens (tertiary/aromatic N) is 1. The summed E-state index contributed by atoms with van der Waals surface area (Å²) in [6.45, 7) is 12.9. The van der Waals surface area contributed by atoms with Crippen LogP contribution in [0.15, 0.2) is 22.6 Å². The molecule has 5 atom stereocenters. The SMILES string of the molecule is [3H]O[C@H]1[C@H](C)CCCC(C)=CCC(C(C)=Cc2csc(C)n2)OC(=O)C[C@H](O)C(C)(C)C(=O)[C@@H]1C.